The normalized spacial score (nSPS) is 11.3. The molecule has 0 atom stereocenters. The summed E-state index contributed by atoms with van der Waals surface area (Å²) in [4.78, 5) is 40.8. The third-order valence-corrected chi connectivity index (χ3v) is 5.39. The highest BCUT2D eigenvalue weighted by molar-refractivity contribution is 7.16. The summed E-state index contributed by atoms with van der Waals surface area (Å²) >= 11 is 1.17. The SMILES string of the molecule is CCOC(=O)c1ccc2c(c1)sc(=NC(=O)COc1ccc(OC)cc1)n2CC(=O)OC. The molecular formula is C22H22N2O7S. The van der Waals surface area contributed by atoms with E-state index in [4.69, 9.17) is 18.9 Å². The van der Waals surface area contributed by atoms with Crippen LogP contribution in [0, 0.1) is 0 Å². The minimum atomic E-state index is -0.531. The number of benzene rings is 2. The van der Waals surface area contributed by atoms with Gasteiger partial charge in [-0.1, -0.05) is 11.3 Å². The van der Waals surface area contributed by atoms with E-state index in [9.17, 15) is 14.4 Å². The standard InChI is InChI=1S/C22H22N2O7S/c1-4-30-21(27)14-5-10-17-18(11-14)32-22(24(17)12-20(26)29-3)23-19(25)13-31-16-8-6-15(28-2)7-9-16/h5-11H,4,12-13H2,1-3H3. The van der Waals surface area contributed by atoms with Crippen molar-refractivity contribution < 1.29 is 33.3 Å². The molecule has 2 aromatic carbocycles. The maximum atomic E-state index is 12.4. The molecule has 0 aliphatic heterocycles. The van der Waals surface area contributed by atoms with Gasteiger partial charge in [-0.15, -0.1) is 0 Å². The van der Waals surface area contributed by atoms with E-state index >= 15 is 0 Å². The Hall–Kier alpha value is -3.66. The maximum Gasteiger partial charge on any atom is 0.338 e. The van der Waals surface area contributed by atoms with Crippen LogP contribution in [0.25, 0.3) is 10.2 Å². The second kappa shape index (κ2) is 10.6. The number of hydrogen-bond donors (Lipinski definition) is 0. The van der Waals surface area contributed by atoms with E-state index in [0.717, 1.165) is 0 Å². The molecule has 9 nitrogen and oxygen atoms in total. The van der Waals surface area contributed by atoms with Gasteiger partial charge in [0.25, 0.3) is 5.91 Å². The van der Waals surface area contributed by atoms with E-state index < -0.39 is 17.8 Å². The Bertz CT molecular complexity index is 1200. The Morgan fingerprint density at radius 2 is 1.75 bits per heavy atom. The summed E-state index contributed by atoms with van der Waals surface area (Å²) in [7, 11) is 2.84. The number of thiazole rings is 1. The first-order valence-corrected chi connectivity index (χ1v) is 10.5. The number of ether oxygens (including phenoxy) is 4. The number of carbonyl (C=O) groups is 3. The Kier molecular flexibility index (Phi) is 7.61. The van der Waals surface area contributed by atoms with Gasteiger partial charge in [-0.2, -0.15) is 4.99 Å². The van der Waals surface area contributed by atoms with E-state index in [1.54, 1.807) is 61.1 Å². The third-order valence-electron chi connectivity index (χ3n) is 4.35. The van der Waals surface area contributed by atoms with E-state index in [0.29, 0.717) is 27.3 Å². The summed E-state index contributed by atoms with van der Waals surface area (Å²) < 4.78 is 22.6. The molecule has 0 radical (unpaired) electrons. The van der Waals surface area contributed by atoms with Crippen molar-refractivity contribution in [3.63, 3.8) is 0 Å². The van der Waals surface area contributed by atoms with Crippen LogP contribution in [0.2, 0.25) is 0 Å². The van der Waals surface area contributed by atoms with Gasteiger partial charge in [0.15, 0.2) is 11.4 Å². The van der Waals surface area contributed by atoms with Gasteiger partial charge in [-0.3, -0.25) is 9.59 Å². The third kappa shape index (κ3) is 5.52. The zero-order valence-corrected chi connectivity index (χ0v) is 18.6. The van der Waals surface area contributed by atoms with Crippen LogP contribution >= 0.6 is 11.3 Å². The van der Waals surface area contributed by atoms with Crippen molar-refractivity contribution in [2.75, 3.05) is 27.4 Å². The largest absolute Gasteiger partial charge is 0.497 e. The van der Waals surface area contributed by atoms with E-state index in [-0.39, 0.29) is 24.6 Å². The van der Waals surface area contributed by atoms with Gasteiger partial charge in [-0.05, 0) is 49.4 Å². The molecule has 10 heteroatoms. The van der Waals surface area contributed by atoms with Crippen LogP contribution in [-0.2, 0) is 25.6 Å². The van der Waals surface area contributed by atoms with E-state index in [1.807, 2.05) is 0 Å². The molecule has 1 aromatic heterocycles. The molecule has 0 bridgehead atoms. The molecule has 0 unspecified atom stereocenters. The Morgan fingerprint density at radius 3 is 2.41 bits per heavy atom. The predicted molar refractivity (Wildman–Crippen MR) is 117 cm³/mol. The number of nitrogens with zero attached hydrogens (tertiary/aromatic N) is 2. The Morgan fingerprint density at radius 1 is 1.03 bits per heavy atom. The van der Waals surface area contributed by atoms with E-state index in [2.05, 4.69) is 4.99 Å². The number of aromatic nitrogens is 1. The minimum absolute atomic E-state index is 0.138. The van der Waals surface area contributed by atoms with Crippen LogP contribution in [0.3, 0.4) is 0 Å². The molecule has 0 fully saturated rings. The van der Waals surface area contributed by atoms with Crippen molar-refractivity contribution in [2.24, 2.45) is 4.99 Å². The average molecular weight is 458 g/mol. The van der Waals surface area contributed by atoms with Crippen molar-refractivity contribution >= 4 is 39.4 Å². The summed E-state index contributed by atoms with van der Waals surface area (Å²) in [6.07, 6.45) is 0. The smallest absolute Gasteiger partial charge is 0.338 e. The lowest BCUT2D eigenvalue weighted by Crippen LogP contribution is -2.23. The van der Waals surface area contributed by atoms with Gasteiger partial charge in [0.05, 0.1) is 36.6 Å². The van der Waals surface area contributed by atoms with Crippen LogP contribution < -0.4 is 14.3 Å². The molecule has 0 aliphatic carbocycles. The lowest BCUT2D eigenvalue weighted by molar-refractivity contribution is -0.141. The van der Waals surface area contributed by atoms with Gasteiger partial charge in [0.1, 0.15) is 18.0 Å². The number of hydrogen-bond acceptors (Lipinski definition) is 8. The van der Waals surface area contributed by atoms with Crippen LogP contribution in [0.5, 0.6) is 11.5 Å². The van der Waals surface area contributed by atoms with Gasteiger partial charge >= 0.3 is 11.9 Å². The van der Waals surface area contributed by atoms with Crippen LogP contribution in [0.4, 0.5) is 0 Å². The first kappa shape index (κ1) is 23.0. The molecule has 0 aliphatic rings. The van der Waals surface area contributed by atoms with Gasteiger partial charge in [-0.25, -0.2) is 4.79 Å². The summed E-state index contributed by atoms with van der Waals surface area (Å²) in [5, 5.41) is 0. The fourth-order valence-electron chi connectivity index (χ4n) is 2.80. The number of esters is 2. The number of rotatable bonds is 8. The summed E-state index contributed by atoms with van der Waals surface area (Å²) in [5.74, 6) is -0.319. The summed E-state index contributed by atoms with van der Waals surface area (Å²) in [6, 6.07) is 11.7. The van der Waals surface area contributed by atoms with Crippen molar-refractivity contribution in [1.29, 1.82) is 0 Å². The van der Waals surface area contributed by atoms with Gasteiger partial charge in [0, 0.05) is 0 Å². The Labute approximate surface area is 187 Å². The number of methoxy groups -OCH3 is 2. The second-order valence-electron chi connectivity index (χ2n) is 6.42. The molecule has 32 heavy (non-hydrogen) atoms. The molecule has 1 amide bonds. The minimum Gasteiger partial charge on any atom is -0.497 e. The average Bonchev–Trinajstić information content (AvgIpc) is 3.13. The van der Waals surface area contributed by atoms with Crippen LogP contribution in [0.15, 0.2) is 47.5 Å². The fourth-order valence-corrected chi connectivity index (χ4v) is 3.89. The first-order valence-electron chi connectivity index (χ1n) is 9.67. The van der Waals surface area contributed by atoms with Crippen molar-refractivity contribution in [3.05, 3.63) is 52.8 Å². The summed E-state index contributed by atoms with van der Waals surface area (Å²) in [6.45, 7) is 1.56. The van der Waals surface area contributed by atoms with Crippen LogP contribution in [-0.4, -0.2) is 49.8 Å². The van der Waals surface area contributed by atoms with Gasteiger partial charge < -0.3 is 23.5 Å². The fraction of sp³-hybridized carbons (Fsp3) is 0.273. The molecule has 3 aromatic rings. The monoisotopic (exact) mass is 458 g/mol. The van der Waals surface area contributed by atoms with E-state index in [1.165, 1.54) is 18.4 Å². The predicted octanol–water partition coefficient (Wildman–Crippen LogP) is 2.57. The molecule has 0 spiro atoms. The van der Waals surface area contributed by atoms with Crippen LogP contribution in [0.1, 0.15) is 17.3 Å². The van der Waals surface area contributed by atoms with Crippen molar-refractivity contribution in [3.8, 4) is 11.5 Å². The highest BCUT2D eigenvalue weighted by Crippen LogP contribution is 2.20. The zero-order valence-electron chi connectivity index (χ0n) is 17.8. The van der Waals surface area contributed by atoms with Gasteiger partial charge in [0.2, 0.25) is 0 Å². The molecular weight excluding hydrogens is 436 g/mol. The molecule has 0 N–H and O–H groups in total. The van der Waals surface area contributed by atoms with Crippen molar-refractivity contribution in [1.82, 2.24) is 4.57 Å². The maximum absolute atomic E-state index is 12.4. The zero-order chi connectivity index (χ0) is 23.1. The quantitative estimate of drug-likeness (QED) is 0.478. The first-order chi connectivity index (χ1) is 15.4. The topological polar surface area (TPSA) is 105 Å². The number of amides is 1. The lowest BCUT2D eigenvalue weighted by Gasteiger charge is -2.06. The molecule has 0 saturated carbocycles. The lowest BCUT2D eigenvalue weighted by atomic mass is 10.2. The Balaban J connectivity index is 1.89. The second-order valence-corrected chi connectivity index (χ2v) is 7.43. The highest BCUT2D eigenvalue weighted by atomic mass is 32.1. The molecule has 1 heterocycles. The highest BCUT2D eigenvalue weighted by Gasteiger charge is 2.15. The number of carbonyl (C=O) groups excluding carboxylic acids is 3. The van der Waals surface area contributed by atoms with Crippen molar-refractivity contribution in [2.45, 2.75) is 13.5 Å². The molecule has 0 saturated heterocycles. The number of fused-ring (bicyclic) bond motifs is 1. The molecule has 3 rings (SSSR count). The molecule has 168 valence electrons. The summed E-state index contributed by atoms with van der Waals surface area (Å²) in [5.41, 5.74) is 1.00.